The third-order valence-corrected chi connectivity index (χ3v) is 4.91. The molecule has 2 aliphatic heterocycles. The van der Waals surface area contributed by atoms with E-state index in [1.807, 2.05) is 30.9 Å². The van der Waals surface area contributed by atoms with Crippen LogP contribution in [0.1, 0.15) is 35.2 Å². The molecule has 0 bridgehead atoms. The summed E-state index contributed by atoms with van der Waals surface area (Å²) in [4.78, 5) is 20.3. The molecule has 0 aliphatic carbocycles. The number of nitrogens with zero attached hydrogens (tertiary/aromatic N) is 5. The standard InChI is InChI=1S/C19H26N6O2/c1-12-7-13(2)22-17(21-12)3-5-20-18-8-16(14-4-6-27-11-14)23-19(24-18)25-9-15(26)10-25/h7-8,14-15,26H,3-6,9-11H2,1-2H3,(H,20,23,24). The molecule has 4 rings (SSSR count). The number of aromatic nitrogens is 4. The molecule has 1 atom stereocenters. The van der Waals surface area contributed by atoms with E-state index >= 15 is 0 Å². The third-order valence-electron chi connectivity index (χ3n) is 4.91. The predicted octanol–water partition coefficient (Wildman–Crippen LogP) is 1.22. The van der Waals surface area contributed by atoms with Crippen molar-refractivity contribution in [1.29, 1.82) is 0 Å². The van der Waals surface area contributed by atoms with Crippen molar-refractivity contribution in [2.75, 3.05) is 43.1 Å². The Morgan fingerprint density at radius 1 is 1.15 bits per heavy atom. The van der Waals surface area contributed by atoms with Gasteiger partial charge in [-0.15, -0.1) is 0 Å². The Morgan fingerprint density at radius 3 is 2.59 bits per heavy atom. The van der Waals surface area contributed by atoms with Crippen LogP contribution >= 0.6 is 0 Å². The normalized spacial score (nSPS) is 20.0. The van der Waals surface area contributed by atoms with Gasteiger partial charge in [-0.05, 0) is 26.3 Å². The molecule has 144 valence electrons. The van der Waals surface area contributed by atoms with Gasteiger partial charge in [0.05, 0.1) is 18.4 Å². The smallest absolute Gasteiger partial charge is 0.227 e. The summed E-state index contributed by atoms with van der Waals surface area (Å²) in [5.74, 6) is 2.62. The SMILES string of the molecule is Cc1cc(C)nc(CCNc2cc(C3CCOC3)nc(N3CC(O)C3)n2)n1. The van der Waals surface area contributed by atoms with Crippen molar-refractivity contribution >= 4 is 11.8 Å². The van der Waals surface area contributed by atoms with Crippen LogP contribution in [0, 0.1) is 13.8 Å². The monoisotopic (exact) mass is 370 g/mol. The maximum Gasteiger partial charge on any atom is 0.227 e. The number of nitrogens with one attached hydrogen (secondary N) is 1. The Morgan fingerprint density at radius 2 is 1.93 bits per heavy atom. The molecule has 27 heavy (non-hydrogen) atoms. The van der Waals surface area contributed by atoms with Gasteiger partial charge in [-0.25, -0.2) is 15.0 Å². The average molecular weight is 370 g/mol. The molecule has 2 N–H and O–H groups in total. The molecule has 2 aromatic heterocycles. The van der Waals surface area contributed by atoms with Crippen molar-refractivity contribution in [1.82, 2.24) is 19.9 Å². The molecule has 0 aromatic carbocycles. The molecule has 0 radical (unpaired) electrons. The average Bonchev–Trinajstić information content (AvgIpc) is 3.12. The van der Waals surface area contributed by atoms with E-state index in [9.17, 15) is 5.11 Å². The highest BCUT2D eigenvalue weighted by atomic mass is 16.5. The molecule has 2 saturated heterocycles. The summed E-state index contributed by atoms with van der Waals surface area (Å²) in [5, 5.41) is 13.0. The summed E-state index contributed by atoms with van der Waals surface area (Å²) in [7, 11) is 0. The van der Waals surface area contributed by atoms with Gasteiger partial charge in [0.1, 0.15) is 11.6 Å². The number of β-amino-alcohol motifs (C(OH)–C–C–N with tert-alkyl or cyclic N) is 1. The Labute approximate surface area is 159 Å². The summed E-state index contributed by atoms with van der Waals surface area (Å²) in [6.07, 6.45) is 1.42. The number of ether oxygens (including phenoxy) is 1. The van der Waals surface area contributed by atoms with Crippen LogP contribution < -0.4 is 10.2 Å². The molecule has 2 fully saturated rings. The largest absolute Gasteiger partial charge is 0.389 e. The van der Waals surface area contributed by atoms with E-state index in [2.05, 4.69) is 20.3 Å². The second-order valence-electron chi connectivity index (χ2n) is 7.34. The van der Waals surface area contributed by atoms with Crippen LogP contribution in [0.5, 0.6) is 0 Å². The number of aliphatic hydroxyl groups excluding tert-OH is 1. The van der Waals surface area contributed by atoms with Gasteiger partial charge in [0.15, 0.2) is 0 Å². The molecule has 8 nitrogen and oxygen atoms in total. The fourth-order valence-electron chi connectivity index (χ4n) is 3.49. The molecule has 2 aliphatic rings. The number of rotatable bonds is 6. The van der Waals surface area contributed by atoms with E-state index in [0.717, 1.165) is 48.2 Å². The second kappa shape index (κ2) is 7.74. The Bertz CT molecular complexity index is 783. The maximum absolute atomic E-state index is 9.60. The van der Waals surface area contributed by atoms with Crippen molar-refractivity contribution in [3.8, 4) is 0 Å². The van der Waals surface area contributed by atoms with Gasteiger partial charge in [0.25, 0.3) is 0 Å². The molecule has 0 amide bonds. The number of hydrogen-bond donors (Lipinski definition) is 2. The van der Waals surface area contributed by atoms with Gasteiger partial charge in [-0.2, -0.15) is 4.98 Å². The van der Waals surface area contributed by atoms with Crippen LogP contribution in [0.3, 0.4) is 0 Å². The highest BCUT2D eigenvalue weighted by molar-refractivity contribution is 5.46. The predicted molar refractivity (Wildman–Crippen MR) is 102 cm³/mol. The molecule has 0 spiro atoms. The lowest BCUT2D eigenvalue weighted by atomic mass is 10.0. The zero-order valence-corrected chi connectivity index (χ0v) is 15.9. The van der Waals surface area contributed by atoms with Gasteiger partial charge in [-0.3, -0.25) is 0 Å². The summed E-state index contributed by atoms with van der Waals surface area (Å²) < 4.78 is 5.52. The van der Waals surface area contributed by atoms with E-state index < -0.39 is 0 Å². The van der Waals surface area contributed by atoms with Crippen LogP contribution in [0.4, 0.5) is 11.8 Å². The molecule has 8 heteroatoms. The van der Waals surface area contributed by atoms with Gasteiger partial charge in [0, 0.05) is 56.0 Å². The number of hydrogen-bond acceptors (Lipinski definition) is 8. The lowest BCUT2D eigenvalue weighted by Gasteiger charge is -2.36. The highest BCUT2D eigenvalue weighted by Gasteiger charge is 2.28. The van der Waals surface area contributed by atoms with Gasteiger partial charge >= 0.3 is 0 Å². The summed E-state index contributed by atoms with van der Waals surface area (Å²) in [5.41, 5.74) is 2.98. The quantitative estimate of drug-likeness (QED) is 0.784. The van der Waals surface area contributed by atoms with E-state index in [1.54, 1.807) is 0 Å². The van der Waals surface area contributed by atoms with Crippen LogP contribution in [-0.4, -0.2) is 64.0 Å². The van der Waals surface area contributed by atoms with E-state index in [-0.39, 0.29) is 6.10 Å². The fourth-order valence-corrected chi connectivity index (χ4v) is 3.49. The minimum atomic E-state index is -0.287. The minimum absolute atomic E-state index is 0.287. The first-order chi connectivity index (χ1) is 13.1. The molecule has 4 heterocycles. The van der Waals surface area contributed by atoms with Crippen molar-refractivity contribution in [3.05, 3.63) is 35.0 Å². The second-order valence-corrected chi connectivity index (χ2v) is 7.34. The van der Waals surface area contributed by atoms with Crippen LogP contribution in [-0.2, 0) is 11.2 Å². The Hall–Kier alpha value is -2.32. The molecular weight excluding hydrogens is 344 g/mol. The first-order valence-electron chi connectivity index (χ1n) is 9.51. The van der Waals surface area contributed by atoms with E-state index in [1.165, 1.54) is 0 Å². The van der Waals surface area contributed by atoms with Crippen LogP contribution in [0.25, 0.3) is 0 Å². The first-order valence-corrected chi connectivity index (χ1v) is 9.51. The number of anilines is 2. The van der Waals surface area contributed by atoms with Gasteiger partial charge in [0.2, 0.25) is 5.95 Å². The van der Waals surface area contributed by atoms with Crippen molar-refractivity contribution in [2.45, 2.75) is 38.7 Å². The Balaban J connectivity index is 1.47. The molecular formula is C19H26N6O2. The van der Waals surface area contributed by atoms with Crippen molar-refractivity contribution in [2.24, 2.45) is 0 Å². The zero-order valence-electron chi connectivity index (χ0n) is 15.9. The summed E-state index contributed by atoms with van der Waals surface area (Å²) >= 11 is 0. The maximum atomic E-state index is 9.60. The van der Waals surface area contributed by atoms with Crippen LogP contribution in [0.2, 0.25) is 0 Å². The van der Waals surface area contributed by atoms with E-state index in [0.29, 0.717) is 38.1 Å². The molecule has 1 unspecified atom stereocenters. The van der Waals surface area contributed by atoms with Crippen LogP contribution in [0.15, 0.2) is 12.1 Å². The number of aryl methyl sites for hydroxylation is 2. The van der Waals surface area contributed by atoms with Gasteiger partial charge < -0.3 is 20.1 Å². The first kappa shape index (κ1) is 18.1. The minimum Gasteiger partial charge on any atom is -0.389 e. The lowest BCUT2D eigenvalue weighted by molar-refractivity contribution is 0.140. The van der Waals surface area contributed by atoms with E-state index in [4.69, 9.17) is 9.72 Å². The summed E-state index contributed by atoms with van der Waals surface area (Å²) in [6.45, 7) is 7.32. The lowest BCUT2D eigenvalue weighted by Crippen LogP contribution is -2.51. The molecule has 0 saturated carbocycles. The zero-order chi connectivity index (χ0) is 18.8. The van der Waals surface area contributed by atoms with Gasteiger partial charge in [-0.1, -0.05) is 0 Å². The topological polar surface area (TPSA) is 96.3 Å². The van der Waals surface area contributed by atoms with Crippen molar-refractivity contribution < 1.29 is 9.84 Å². The Kier molecular flexibility index (Phi) is 5.18. The molecule has 2 aromatic rings. The fraction of sp³-hybridized carbons (Fsp3) is 0.579. The third kappa shape index (κ3) is 4.33. The summed E-state index contributed by atoms with van der Waals surface area (Å²) in [6, 6.07) is 3.99. The number of aliphatic hydroxyl groups is 1. The highest BCUT2D eigenvalue weighted by Crippen LogP contribution is 2.28. The van der Waals surface area contributed by atoms with Crippen molar-refractivity contribution in [3.63, 3.8) is 0 Å².